The largest absolute Gasteiger partial charge is 0.491 e. The number of nitrogens with zero attached hydrogens (tertiary/aromatic N) is 4. The van der Waals surface area contributed by atoms with Gasteiger partial charge in [-0.25, -0.2) is 4.98 Å². The summed E-state index contributed by atoms with van der Waals surface area (Å²) in [5.41, 5.74) is 2.35. The Bertz CT molecular complexity index is 639. The van der Waals surface area contributed by atoms with Gasteiger partial charge in [0.15, 0.2) is 0 Å². The zero-order chi connectivity index (χ0) is 17.6. The molecule has 0 unspecified atom stereocenters. The van der Waals surface area contributed by atoms with Crippen LogP contribution in [0.1, 0.15) is 30.4 Å². The molecule has 2 atom stereocenters. The minimum Gasteiger partial charge on any atom is -0.491 e. The molecule has 1 N–H and O–H groups in total. The highest BCUT2D eigenvalue weighted by atomic mass is 16.5. The second-order valence-electron chi connectivity index (χ2n) is 7.05. The third-order valence-corrected chi connectivity index (χ3v) is 4.70. The Morgan fingerprint density at radius 1 is 1.24 bits per heavy atom. The Hall–Kier alpha value is -1.92. The number of rotatable bonds is 7. The standard InChI is InChI=1S/C19H28N4O2/c1-15-7-16(2)9-19(8-15)25-12-18(24)11-22-6-4-3-5-17(22)10-23-14-20-13-21-23/h7-9,13-14,17-18,24H,3-6,10-12H2,1-2H3/t17-,18-/m1/s1. The van der Waals surface area contributed by atoms with E-state index in [0.29, 0.717) is 19.2 Å². The van der Waals surface area contributed by atoms with E-state index in [-0.39, 0.29) is 0 Å². The lowest BCUT2D eigenvalue weighted by atomic mass is 10.0. The number of aryl methyl sites for hydroxylation is 2. The van der Waals surface area contributed by atoms with Gasteiger partial charge in [0, 0.05) is 12.6 Å². The van der Waals surface area contributed by atoms with Crippen LogP contribution in [0, 0.1) is 13.8 Å². The summed E-state index contributed by atoms with van der Waals surface area (Å²) in [4.78, 5) is 6.38. The molecule has 1 fully saturated rings. The topological polar surface area (TPSA) is 63.4 Å². The molecule has 0 amide bonds. The Morgan fingerprint density at radius 2 is 2.04 bits per heavy atom. The Balaban J connectivity index is 1.52. The number of hydrogen-bond acceptors (Lipinski definition) is 5. The first-order valence-electron chi connectivity index (χ1n) is 9.06. The molecular formula is C19H28N4O2. The highest BCUT2D eigenvalue weighted by molar-refractivity contribution is 5.32. The van der Waals surface area contributed by atoms with Crippen LogP contribution in [0.5, 0.6) is 5.75 Å². The summed E-state index contributed by atoms with van der Waals surface area (Å²) >= 11 is 0. The molecule has 6 nitrogen and oxygen atoms in total. The van der Waals surface area contributed by atoms with E-state index in [1.807, 2.05) is 16.8 Å². The Morgan fingerprint density at radius 3 is 2.76 bits per heavy atom. The van der Waals surface area contributed by atoms with Gasteiger partial charge in [-0.05, 0) is 56.5 Å². The number of benzene rings is 1. The molecule has 1 aliphatic rings. The number of piperidine rings is 1. The van der Waals surface area contributed by atoms with Gasteiger partial charge in [-0.3, -0.25) is 9.58 Å². The summed E-state index contributed by atoms with van der Waals surface area (Å²) in [6.45, 7) is 6.89. The molecule has 136 valence electrons. The van der Waals surface area contributed by atoms with Crippen molar-refractivity contribution in [3.05, 3.63) is 42.0 Å². The summed E-state index contributed by atoms with van der Waals surface area (Å²) in [6.07, 6.45) is 6.36. The molecule has 0 spiro atoms. The summed E-state index contributed by atoms with van der Waals surface area (Å²) in [5.74, 6) is 0.828. The van der Waals surface area contributed by atoms with Crippen molar-refractivity contribution in [2.45, 2.75) is 51.8 Å². The Labute approximate surface area is 149 Å². The molecule has 1 aromatic carbocycles. The lowest BCUT2D eigenvalue weighted by Crippen LogP contribution is -2.46. The van der Waals surface area contributed by atoms with Gasteiger partial charge < -0.3 is 9.84 Å². The van der Waals surface area contributed by atoms with Crippen molar-refractivity contribution < 1.29 is 9.84 Å². The van der Waals surface area contributed by atoms with Gasteiger partial charge in [0.25, 0.3) is 0 Å². The van der Waals surface area contributed by atoms with Crippen LogP contribution in [0.25, 0.3) is 0 Å². The molecule has 0 saturated carbocycles. The molecule has 2 heterocycles. The molecule has 1 aliphatic heterocycles. The average molecular weight is 344 g/mol. The fraction of sp³-hybridized carbons (Fsp3) is 0.579. The van der Waals surface area contributed by atoms with Crippen LogP contribution in [0.2, 0.25) is 0 Å². The van der Waals surface area contributed by atoms with E-state index in [9.17, 15) is 5.11 Å². The van der Waals surface area contributed by atoms with Crippen molar-refractivity contribution >= 4 is 0 Å². The van der Waals surface area contributed by atoms with E-state index in [1.165, 1.54) is 24.0 Å². The third-order valence-electron chi connectivity index (χ3n) is 4.70. The predicted octanol–water partition coefficient (Wildman–Crippen LogP) is 2.19. The summed E-state index contributed by atoms with van der Waals surface area (Å²) < 4.78 is 7.68. The van der Waals surface area contributed by atoms with E-state index in [2.05, 4.69) is 34.9 Å². The summed E-state index contributed by atoms with van der Waals surface area (Å²) in [5, 5.41) is 14.7. The molecule has 2 aromatic rings. The highest BCUT2D eigenvalue weighted by Gasteiger charge is 2.25. The van der Waals surface area contributed by atoms with Crippen LogP contribution in [-0.2, 0) is 6.54 Å². The lowest BCUT2D eigenvalue weighted by Gasteiger charge is -2.36. The molecule has 6 heteroatoms. The van der Waals surface area contributed by atoms with Crippen LogP contribution < -0.4 is 4.74 Å². The van der Waals surface area contributed by atoms with Crippen LogP contribution in [0.3, 0.4) is 0 Å². The predicted molar refractivity (Wildman–Crippen MR) is 96.7 cm³/mol. The molecule has 0 aliphatic carbocycles. The number of ether oxygens (including phenoxy) is 1. The van der Waals surface area contributed by atoms with Crippen molar-refractivity contribution in [3.63, 3.8) is 0 Å². The monoisotopic (exact) mass is 344 g/mol. The maximum Gasteiger partial charge on any atom is 0.137 e. The first-order valence-corrected chi connectivity index (χ1v) is 9.06. The number of β-amino-alcohol motifs (C(OH)–C–C–N with tert-alkyl or cyclic N) is 1. The summed E-state index contributed by atoms with van der Waals surface area (Å²) in [6, 6.07) is 6.53. The Kier molecular flexibility index (Phi) is 6.04. The van der Waals surface area contributed by atoms with E-state index < -0.39 is 6.10 Å². The number of likely N-dealkylation sites (tertiary alicyclic amines) is 1. The van der Waals surface area contributed by atoms with Gasteiger partial charge in [-0.2, -0.15) is 5.10 Å². The maximum absolute atomic E-state index is 10.4. The second kappa shape index (κ2) is 8.45. The normalized spacial score (nSPS) is 19.7. The van der Waals surface area contributed by atoms with Gasteiger partial charge >= 0.3 is 0 Å². The molecule has 1 aromatic heterocycles. The first-order chi connectivity index (χ1) is 12.1. The number of aliphatic hydroxyl groups excluding tert-OH is 1. The SMILES string of the molecule is Cc1cc(C)cc(OC[C@H](O)CN2CCCC[C@@H]2Cn2cncn2)c1. The summed E-state index contributed by atoms with van der Waals surface area (Å²) in [7, 11) is 0. The fourth-order valence-corrected chi connectivity index (χ4v) is 3.58. The molecule has 1 saturated heterocycles. The van der Waals surface area contributed by atoms with Gasteiger partial charge in [0.1, 0.15) is 31.1 Å². The molecule has 25 heavy (non-hydrogen) atoms. The van der Waals surface area contributed by atoms with E-state index >= 15 is 0 Å². The van der Waals surface area contributed by atoms with Gasteiger partial charge in [-0.1, -0.05) is 12.5 Å². The quantitative estimate of drug-likeness (QED) is 0.834. The molecule has 3 rings (SSSR count). The minimum absolute atomic E-state index is 0.315. The zero-order valence-electron chi connectivity index (χ0n) is 15.1. The van der Waals surface area contributed by atoms with E-state index in [0.717, 1.165) is 25.3 Å². The number of hydrogen-bond donors (Lipinski definition) is 1. The lowest BCUT2D eigenvalue weighted by molar-refractivity contribution is 0.0345. The van der Waals surface area contributed by atoms with Crippen molar-refractivity contribution in [2.24, 2.45) is 0 Å². The van der Waals surface area contributed by atoms with Crippen molar-refractivity contribution in [1.82, 2.24) is 19.7 Å². The van der Waals surface area contributed by atoms with Crippen LogP contribution in [0.15, 0.2) is 30.9 Å². The average Bonchev–Trinajstić information content (AvgIpc) is 3.07. The minimum atomic E-state index is -0.503. The third kappa shape index (κ3) is 5.28. The number of aromatic nitrogens is 3. The van der Waals surface area contributed by atoms with Gasteiger partial charge in [0.05, 0.1) is 6.54 Å². The number of aliphatic hydroxyl groups is 1. The molecule has 0 bridgehead atoms. The maximum atomic E-state index is 10.4. The fourth-order valence-electron chi connectivity index (χ4n) is 3.58. The van der Waals surface area contributed by atoms with Crippen molar-refractivity contribution in [2.75, 3.05) is 19.7 Å². The van der Waals surface area contributed by atoms with Crippen LogP contribution in [-0.4, -0.2) is 56.6 Å². The van der Waals surface area contributed by atoms with E-state index in [1.54, 1.807) is 12.7 Å². The van der Waals surface area contributed by atoms with Gasteiger partial charge in [0.2, 0.25) is 0 Å². The highest BCUT2D eigenvalue weighted by Crippen LogP contribution is 2.20. The van der Waals surface area contributed by atoms with Crippen LogP contribution >= 0.6 is 0 Å². The van der Waals surface area contributed by atoms with Crippen molar-refractivity contribution in [1.29, 1.82) is 0 Å². The van der Waals surface area contributed by atoms with Crippen LogP contribution in [0.4, 0.5) is 0 Å². The molecule has 0 radical (unpaired) electrons. The smallest absolute Gasteiger partial charge is 0.137 e. The van der Waals surface area contributed by atoms with Crippen molar-refractivity contribution in [3.8, 4) is 5.75 Å². The second-order valence-corrected chi connectivity index (χ2v) is 7.05. The zero-order valence-corrected chi connectivity index (χ0v) is 15.1. The van der Waals surface area contributed by atoms with E-state index in [4.69, 9.17) is 4.74 Å². The first kappa shape index (κ1) is 17.9. The van der Waals surface area contributed by atoms with Gasteiger partial charge in [-0.15, -0.1) is 0 Å². The molecular weight excluding hydrogens is 316 g/mol.